The first-order chi connectivity index (χ1) is 8.19. The summed E-state index contributed by atoms with van der Waals surface area (Å²) in [5.74, 6) is 0.241. The van der Waals surface area contributed by atoms with Crippen LogP contribution >= 0.6 is 11.6 Å². The highest BCUT2D eigenvalue weighted by molar-refractivity contribution is 6.31. The smallest absolute Gasteiger partial charge is 0.384 e. The van der Waals surface area contributed by atoms with Gasteiger partial charge in [-0.1, -0.05) is 11.6 Å². The van der Waals surface area contributed by atoms with Gasteiger partial charge in [-0.2, -0.15) is 13.2 Å². The minimum Gasteiger partial charge on any atom is -0.384 e. The predicted octanol–water partition coefficient (Wildman–Crippen LogP) is 3.09. The molecule has 0 aromatic carbocycles. The fraction of sp³-hybridized carbons (Fsp3) is 0.545. The quantitative estimate of drug-likeness (QED) is 0.922. The van der Waals surface area contributed by atoms with Gasteiger partial charge in [-0.25, -0.2) is 4.98 Å². The maximum atomic E-state index is 12.4. The minimum atomic E-state index is -4.25. The average molecular weight is 282 g/mol. The van der Waals surface area contributed by atoms with Gasteiger partial charge in [0.1, 0.15) is 5.82 Å². The van der Waals surface area contributed by atoms with Crippen LogP contribution in [0.1, 0.15) is 19.5 Å². The summed E-state index contributed by atoms with van der Waals surface area (Å²) in [4.78, 5) is 5.21. The standard InChI is InChI=1S/C11H15ClF3N3/c1-7(2)18(6-11(13,14)15)5-9-8(12)3-4-10(16)17-9/h3-4,7H,5-6H2,1-2H3,(H2,16,17). The van der Waals surface area contributed by atoms with E-state index in [0.717, 1.165) is 0 Å². The van der Waals surface area contributed by atoms with Gasteiger partial charge in [-0.3, -0.25) is 4.90 Å². The molecule has 3 nitrogen and oxygen atoms in total. The van der Waals surface area contributed by atoms with Crippen molar-refractivity contribution in [1.29, 1.82) is 0 Å². The van der Waals surface area contributed by atoms with Crippen LogP contribution in [0.4, 0.5) is 19.0 Å². The molecule has 0 fully saturated rings. The Labute approximate surface area is 109 Å². The van der Waals surface area contributed by atoms with E-state index in [1.165, 1.54) is 17.0 Å². The molecule has 18 heavy (non-hydrogen) atoms. The molecule has 0 aliphatic carbocycles. The molecule has 1 aromatic heterocycles. The second-order valence-electron chi connectivity index (χ2n) is 4.28. The van der Waals surface area contributed by atoms with E-state index >= 15 is 0 Å². The van der Waals surface area contributed by atoms with Crippen molar-refractivity contribution in [2.75, 3.05) is 12.3 Å². The molecule has 1 rings (SSSR count). The molecule has 7 heteroatoms. The fourth-order valence-corrected chi connectivity index (χ4v) is 1.62. The van der Waals surface area contributed by atoms with E-state index in [9.17, 15) is 13.2 Å². The van der Waals surface area contributed by atoms with E-state index in [1.807, 2.05) is 0 Å². The Kier molecular flexibility index (Phi) is 4.81. The van der Waals surface area contributed by atoms with E-state index in [2.05, 4.69) is 4.98 Å². The van der Waals surface area contributed by atoms with Crippen LogP contribution in [0, 0.1) is 0 Å². The summed E-state index contributed by atoms with van der Waals surface area (Å²) in [6.45, 7) is 2.39. The molecule has 0 amide bonds. The third-order valence-corrected chi connectivity index (χ3v) is 2.75. The zero-order valence-corrected chi connectivity index (χ0v) is 10.9. The second kappa shape index (κ2) is 5.75. The number of hydrogen-bond donors (Lipinski definition) is 1. The van der Waals surface area contributed by atoms with Gasteiger partial charge in [0.2, 0.25) is 0 Å². The first-order valence-electron chi connectivity index (χ1n) is 5.40. The molecule has 1 heterocycles. The van der Waals surface area contributed by atoms with Crippen LogP contribution in [-0.4, -0.2) is 28.6 Å². The monoisotopic (exact) mass is 281 g/mol. The zero-order valence-electron chi connectivity index (χ0n) is 10.1. The van der Waals surface area contributed by atoms with Crippen LogP contribution in [0.2, 0.25) is 5.02 Å². The molecule has 0 radical (unpaired) electrons. The Morgan fingerprint density at radius 1 is 1.39 bits per heavy atom. The molecule has 0 spiro atoms. The topological polar surface area (TPSA) is 42.2 Å². The maximum Gasteiger partial charge on any atom is 0.401 e. The van der Waals surface area contributed by atoms with Crippen LogP contribution in [0.25, 0.3) is 0 Å². The minimum absolute atomic E-state index is 0.0149. The summed E-state index contributed by atoms with van der Waals surface area (Å²) in [5.41, 5.74) is 5.85. The normalized spacial score (nSPS) is 12.4. The molecule has 0 atom stereocenters. The molecular weight excluding hydrogens is 267 g/mol. The molecule has 0 saturated carbocycles. The number of nitrogens with zero attached hydrogens (tertiary/aromatic N) is 2. The van der Waals surface area contributed by atoms with Crippen molar-refractivity contribution in [3.05, 3.63) is 22.8 Å². The number of aromatic nitrogens is 1. The van der Waals surface area contributed by atoms with Gasteiger partial charge in [-0.15, -0.1) is 0 Å². The number of hydrogen-bond acceptors (Lipinski definition) is 3. The first kappa shape index (κ1) is 15.0. The van der Waals surface area contributed by atoms with Crippen molar-refractivity contribution in [2.24, 2.45) is 0 Å². The van der Waals surface area contributed by atoms with E-state index in [0.29, 0.717) is 10.7 Å². The first-order valence-corrected chi connectivity index (χ1v) is 5.78. The highest BCUT2D eigenvalue weighted by Crippen LogP contribution is 2.22. The largest absolute Gasteiger partial charge is 0.401 e. The molecule has 1 aromatic rings. The Morgan fingerprint density at radius 2 is 2.00 bits per heavy atom. The van der Waals surface area contributed by atoms with Crippen molar-refractivity contribution < 1.29 is 13.2 Å². The number of pyridine rings is 1. The number of anilines is 1. The van der Waals surface area contributed by atoms with E-state index in [4.69, 9.17) is 17.3 Å². The Bertz CT molecular complexity index is 407. The van der Waals surface area contributed by atoms with Crippen molar-refractivity contribution >= 4 is 17.4 Å². The highest BCUT2D eigenvalue weighted by atomic mass is 35.5. The summed E-state index contributed by atoms with van der Waals surface area (Å²) in [5, 5.41) is 0.317. The lowest BCUT2D eigenvalue weighted by molar-refractivity contribution is -0.151. The van der Waals surface area contributed by atoms with Crippen LogP contribution in [0.3, 0.4) is 0 Å². The lowest BCUT2D eigenvalue weighted by Crippen LogP contribution is -2.38. The van der Waals surface area contributed by atoms with Gasteiger partial charge >= 0.3 is 6.18 Å². The zero-order chi connectivity index (χ0) is 13.9. The average Bonchev–Trinajstić information content (AvgIpc) is 2.20. The van der Waals surface area contributed by atoms with Crippen LogP contribution < -0.4 is 5.73 Å². The molecular formula is C11H15ClF3N3. The van der Waals surface area contributed by atoms with Crippen LogP contribution in [-0.2, 0) is 6.54 Å². The van der Waals surface area contributed by atoms with E-state index in [-0.39, 0.29) is 18.4 Å². The van der Waals surface area contributed by atoms with Gasteiger partial charge in [0.25, 0.3) is 0 Å². The van der Waals surface area contributed by atoms with Gasteiger partial charge in [0.05, 0.1) is 17.3 Å². The maximum absolute atomic E-state index is 12.4. The van der Waals surface area contributed by atoms with Gasteiger partial charge in [0, 0.05) is 12.6 Å². The molecule has 0 saturated heterocycles. The Morgan fingerprint density at radius 3 is 2.50 bits per heavy atom. The molecule has 0 aliphatic heterocycles. The molecule has 0 bridgehead atoms. The summed E-state index contributed by atoms with van der Waals surface area (Å²) >= 11 is 5.89. The van der Waals surface area contributed by atoms with E-state index < -0.39 is 12.7 Å². The third-order valence-electron chi connectivity index (χ3n) is 2.41. The predicted molar refractivity (Wildman–Crippen MR) is 65.3 cm³/mol. The Balaban J connectivity index is 2.86. The number of halogens is 4. The third kappa shape index (κ3) is 4.70. The SMILES string of the molecule is CC(C)N(Cc1nc(N)ccc1Cl)CC(F)(F)F. The molecule has 0 unspecified atom stereocenters. The number of rotatable bonds is 4. The Hall–Kier alpha value is -1.01. The summed E-state index contributed by atoms with van der Waals surface area (Å²) in [6, 6.07) is 2.77. The summed E-state index contributed by atoms with van der Waals surface area (Å²) in [6.07, 6.45) is -4.25. The lowest BCUT2D eigenvalue weighted by atomic mass is 10.2. The second-order valence-corrected chi connectivity index (χ2v) is 4.69. The van der Waals surface area contributed by atoms with Crippen molar-refractivity contribution in [3.8, 4) is 0 Å². The fourth-order valence-electron chi connectivity index (χ4n) is 1.46. The lowest BCUT2D eigenvalue weighted by Gasteiger charge is -2.27. The molecule has 102 valence electrons. The summed E-state index contributed by atoms with van der Waals surface area (Å²) < 4.78 is 37.3. The van der Waals surface area contributed by atoms with Crippen LogP contribution in [0.15, 0.2) is 12.1 Å². The van der Waals surface area contributed by atoms with Crippen molar-refractivity contribution in [1.82, 2.24) is 9.88 Å². The molecule has 0 aliphatic rings. The van der Waals surface area contributed by atoms with Gasteiger partial charge in [-0.05, 0) is 26.0 Å². The van der Waals surface area contributed by atoms with Gasteiger partial charge < -0.3 is 5.73 Å². The highest BCUT2D eigenvalue weighted by Gasteiger charge is 2.32. The number of alkyl halides is 3. The van der Waals surface area contributed by atoms with Gasteiger partial charge in [0.15, 0.2) is 0 Å². The number of nitrogen functional groups attached to an aromatic ring is 1. The number of nitrogens with two attached hydrogens (primary N) is 1. The summed E-state index contributed by atoms with van der Waals surface area (Å²) in [7, 11) is 0. The van der Waals surface area contributed by atoms with Crippen molar-refractivity contribution in [2.45, 2.75) is 32.6 Å². The van der Waals surface area contributed by atoms with Crippen LogP contribution in [0.5, 0.6) is 0 Å². The van der Waals surface area contributed by atoms with E-state index in [1.54, 1.807) is 13.8 Å². The van der Waals surface area contributed by atoms with Crippen molar-refractivity contribution in [3.63, 3.8) is 0 Å². The molecule has 2 N–H and O–H groups in total.